The Labute approximate surface area is 135 Å². The van der Waals surface area contributed by atoms with Crippen molar-refractivity contribution in [3.63, 3.8) is 0 Å². The van der Waals surface area contributed by atoms with Crippen LogP contribution in [0.4, 0.5) is 10.1 Å². The van der Waals surface area contributed by atoms with Crippen LogP contribution in [0, 0.1) is 5.82 Å². The molecule has 0 aromatic heterocycles. The van der Waals surface area contributed by atoms with Crippen molar-refractivity contribution < 1.29 is 18.8 Å². The lowest BCUT2D eigenvalue weighted by Gasteiger charge is -2.21. The van der Waals surface area contributed by atoms with Gasteiger partial charge >= 0.3 is 0 Å². The Hall–Kier alpha value is -2.40. The minimum atomic E-state index is -0.432. The van der Waals surface area contributed by atoms with E-state index in [4.69, 9.17) is 4.74 Å². The largest absolute Gasteiger partial charge is 0.497 e. The molecule has 4 nitrogen and oxygen atoms in total. The number of para-hydroxylation sites is 1. The highest BCUT2D eigenvalue weighted by Gasteiger charge is 2.22. The van der Waals surface area contributed by atoms with Crippen molar-refractivity contribution in [2.24, 2.45) is 0 Å². The van der Waals surface area contributed by atoms with Crippen LogP contribution in [0.3, 0.4) is 0 Å². The summed E-state index contributed by atoms with van der Waals surface area (Å²) >= 11 is 0. The zero-order chi connectivity index (χ0) is 16.8. The molecule has 2 N–H and O–H groups in total. The van der Waals surface area contributed by atoms with Crippen LogP contribution in [0.1, 0.15) is 12.5 Å². The first-order chi connectivity index (χ1) is 11.0. The van der Waals surface area contributed by atoms with E-state index in [1.165, 1.54) is 6.07 Å². The number of anilines is 1. The smallest absolute Gasteiger partial charge is 0.282 e. The molecule has 0 heterocycles. The van der Waals surface area contributed by atoms with Crippen molar-refractivity contribution in [3.8, 4) is 5.75 Å². The second kappa shape index (κ2) is 7.74. The number of methoxy groups -OCH3 is 1. The molecule has 0 saturated heterocycles. The van der Waals surface area contributed by atoms with Gasteiger partial charge in [-0.3, -0.25) is 4.79 Å². The number of quaternary nitrogens is 1. The Morgan fingerprint density at radius 3 is 2.70 bits per heavy atom. The lowest BCUT2D eigenvalue weighted by molar-refractivity contribution is -0.907. The fourth-order valence-corrected chi connectivity index (χ4v) is 2.28. The number of amides is 1. The van der Waals surface area contributed by atoms with E-state index in [1.54, 1.807) is 25.3 Å². The molecule has 1 unspecified atom stereocenters. The minimum Gasteiger partial charge on any atom is -0.497 e. The van der Waals surface area contributed by atoms with Gasteiger partial charge in [-0.1, -0.05) is 24.3 Å². The van der Waals surface area contributed by atoms with Crippen molar-refractivity contribution in [3.05, 3.63) is 59.9 Å². The van der Waals surface area contributed by atoms with Crippen LogP contribution in [0.15, 0.2) is 48.5 Å². The third-order valence-corrected chi connectivity index (χ3v) is 3.88. The van der Waals surface area contributed by atoms with E-state index in [2.05, 4.69) is 5.32 Å². The molecule has 0 fully saturated rings. The molecule has 2 rings (SSSR count). The van der Waals surface area contributed by atoms with Gasteiger partial charge in [0.15, 0.2) is 6.04 Å². The van der Waals surface area contributed by atoms with Crippen LogP contribution in [-0.2, 0) is 11.3 Å². The zero-order valence-electron chi connectivity index (χ0n) is 13.6. The molecular formula is C18H22FN2O2+. The standard InChI is InChI=1S/C18H21FN2O2/c1-13(18(22)20-17-10-5-4-9-16(17)19)21(2)12-14-7-6-8-15(11-14)23-3/h4-11,13H,12H2,1-3H3,(H,20,22)/p+1/t13-/m1/s1. The lowest BCUT2D eigenvalue weighted by Crippen LogP contribution is -3.12. The van der Waals surface area contributed by atoms with Gasteiger partial charge in [0, 0.05) is 5.56 Å². The summed E-state index contributed by atoms with van der Waals surface area (Å²) in [7, 11) is 3.56. The average Bonchev–Trinajstić information content (AvgIpc) is 2.56. The Morgan fingerprint density at radius 1 is 1.26 bits per heavy atom. The molecule has 2 atom stereocenters. The van der Waals surface area contributed by atoms with Crippen LogP contribution >= 0.6 is 0 Å². The van der Waals surface area contributed by atoms with Crippen LogP contribution in [-0.4, -0.2) is 26.1 Å². The van der Waals surface area contributed by atoms with E-state index in [-0.39, 0.29) is 17.6 Å². The molecule has 23 heavy (non-hydrogen) atoms. The van der Waals surface area contributed by atoms with E-state index in [9.17, 15) is 9.18 Å². The maximum atomic E-state index is 13.6. The van der Waals surface area contributed by atoms with E-state index < -0.39 is 5.82 Å². The third-order valence-electron chi connectivity index (χ3n) is 3.88. The van der Waals surface area contributed by atoms with E-state index >= 15 is 0 Å². The van der Waals surface area contributed by atoms with Gasteiger partial charge in [-0.15, -0.1) is 0 Å². The molecule has 0 aliphatic heterocycles. The lowest BCUT2D eigenvalue weighted by atomic mass is 10.1. The molecule has 0 aliphatic carbocycles. The van der Waals surface area contributed by atoms with Crippen molar-refractivity contribution in [2.45, 2.75) is 19.5 Å². The Balaban J connectivity index is 1.99. The number of hydrogen-bond acceptors (Lipinski definition) is 2. The summed E-state index contributed by atoms with van der Waals surface area (Å²) < 4.78 is 18.8. The van der Waals surface area contributed by atoms with Crippen molar-refractivity contribution in [1.82, 2.24) is 0 Å². The Morgan fingerprint density at radius 2 is 2.00 bits per heavy atom. The average molecular weight is 317 g/mol. The molecule has 2 aromatic rings. The van der Waals surface area contributed by atoms with Gasteiger partial charge in [0.1, 0.15) is 18.1 Å². The fraction of sp³-hybridized carbons (Fsp3) is 0.278. The number of nitrogens with one attached hydrogen (secondary N) is 2. The van der Waals surface area contributed by atoms with Gasteiger partial charge in [-0.2, -0.15) is 0 Å². The van der Waals surface area contributed by atoms with Crippen molar-refractivity contribution in [2.75, 3.05) is 19.5 Å². The summed E-state index contributed by atoms with van der Waals surface area (Å²) in [5.74, 6) is 0.146. The van der Waals surface area contributed by atoms with E-state index in [1.807, 2.05) is 38.2 Å². The highest BCUT2D eigenvalue weighted by Crippen LogP contribution is 2.13. The minimum absolute atomic E-state index is 0.207. The summed E-state index contributed by atoms with van der Waals surface area (Å²) in [6, 6.07) is 13.6. The van der Waals surface area contributed by atoms with E-state index in [0.717, 1.165) is 16.2 Å². The number of carbonyl (C=O) groups is 1. The maximum absolute atomic E-state index is 13.6. The Bertz CT molecular complexity index is 676. The highest BCUT2D eigenvalue weighted by molar-refractivity contribution is 5.93. The SMILES string of the molecule is COc1cccc(C[NH+](C)[C@H](C)C(=O)Nc2ccccc2F)c1. The van der Waals surface area contributed by atoms with Crippen LogP contribution in [0.25, 0.3) is 0 Å². The molecule has 5 heteroatoms. The predicted octanol–water partition coefficient (Wildman–Crippen LogP) is 1.88. The van der Waals surface area contributed by atoms with Crippen LogP contribution in [0.5, 0.6) is 5.75 Å². The monoisotopic (exact) mass is 317 g/mol. The zero-order valence-corrected chi connectivity index (χ0v) is 13.6. The molecule has 0 aliphatic rings. The molecule has 122 valence electrons. The van der Waals surface area contributed by atoms with Gasteiger partial charge in [0.25, 0.3) is 5.91 Å². The molecule has 2 aromatic carbocycles. The molecular weight excluding hydrogens is 295 g/mol. The predicted molar refractivity (Wildman–Crippen MR) is 88.1 cm³/mol. The highest BCUT2D eigenvalue weighted by atomic mass is 19.1. The summed E-state index contributed by atoms with van der Waals surface area (Å²) in [5.41, 5.74) is 1.28. The summed E-state index contributed by atoms with van der Waals surface area (Å²) in [5, 5.41) is 2.64. The first-order valence-electron chi connectivity index (χ1n) is 7.52. The number of carbonyl (C=O) groups excluding carboxylic acids is 1. The molecule has 0 radical (unpaired) electrons. The third kappa shape index (κ3) is 4.53. The number of likely N-dealkylation sites (N-methyl/N-ethyl adjacent to an activating group) is 1. The van der Waals surface area contributed by atoms with Crippen LogP contribution < -0.4 is 15.0 Å². The second-order valence-corrected chi connectivity index (χ2v) is 5.57. The van der Waals surface area contributed by atoms with Crippen molar-refractivity contribution >= 4 is 11.6 Å². The van der Waals surface area contributed by atoms with Gasteiger partial charge in [0.2, 0.25) is 0 Å². The van der Waals surface area contributed by atoms with Gasteiger partial charge in [0.05, 0.1) is 19.8 Å². The first-order valence-corrected chi connectivity index (χ1v) is 7.52. The van der Waals surface area contributed by atoms with Gasteiger partial charge in [-0.05, 0) is 31.2 Å². The van der Waals surface area contributed by atoms with Gasteiger partial charge < -0.3 is 15.0 Å². The molecule has 1 amide bonds. The number of rotatable bonds is 6. The van der Waals surface area contributed by atoms with Crippen molar-refractivity contribution in [1.29, 1.82) is 0 Å². The summed E-state index contributed by atoms with van der Waals surface area (Å²) in [4.78, 5) is 13.3. The quantitative estimate of drug-likeness (QED) is 0.854. The number of benzene rings is 2. The van der Waals surface area contributed by atoms with Crippen LogP contribution in [0.2, 0.25) is 0 Å². The second-order valence-electron chi connectivity index (χ2n) is 5.57. The number of halogens is 1. The number of hydrogen-bond donors (Lipinski definition) is 2. The van der Waals surface area contributed by atoms with Gasteiger partial charge in [-0.25, -0.2) is 4.39 Å². The fourth-order valence-electron chi connectivity index (χ4n) is 2.28. The summed E-state index contributed by atoms with van der Waals surface area (Å²) in [6.07, 6.45) is 0. The topological polar surface area (TPSA) is 42.8 Å². The molecule has 0 spiro atoms. The van der Waals surface area contributed by atoms with E-state index in [0.29, 0.717) is 6.54 Å². The number of ether oxygens (including phenoxy) is 1. The Kier molecular flexibility index (Phi) is 5.71. The molecule has 0 saturated carbocycles. The molecule has 0 bridgehead atoms. The normalized spacial score (nSPS) is 13.2. The maximum Gasteiger partial charge on any atom is 0.282 e. The summed E-state index contributed by atoms with van der Waals surface area (Å²) in [6.45, 7) is 2.49. The first kappa shape index (κ1) is 17.0.